The smallest absolute Gasteiger partial charge is 0.0704 e. The standard InChI is InChI=1S/C18H26N2/c1-4-11-19-17(14(2)3)10-8-15-7-9-16-6-5-12-20-18(16)13-15/h5-7,9,12-14,17,19H,4,8,10-11H2,1-3H3. The fraction of sp³-hybridized carbons (Fsp3) is 0.500. The Labute approximate surface area is 122 Å². The highest BCUT2D eigenvalue weighted by Gasteiger charge is 2.12. The van der Waals surface area contributed by atoms with Gasteiger partial charge in [0, 0.05) is 17.6 Å². The minimum atomic E-state index is 0.606. The highest BCUT2D eigenvalue weighted by Crippen LogP contribution is 2.16. The number of benzene rings is 1. The normalized spacial score (nSPS) is 13.0. The van der Waals surface area contributed by atoms with Gasteiger partial charge in [-0.1, -0.05) is 39.0 Å². The molecule has 2 aromatic rings. The van der Waals surface area contributed by atoms with Crippen molar-refractivity contribution in [2.75, 3.05) is 6.54 Å². The molecule has 1 aromatic carbocycles. The summed E-state index contributed by atoms with van der Waals surface area (Å²) in [6, 6.07) is 11.4. The number of nitrogens with zero attached hydrogens (tertiary/aromatic N) is 1. The number of pyridine rings is 1. The lowest BCUT2D eigenvalue weighted by molar-refractivity contribution is 0.378. The van der Waals surface area contributed by atoms with Gasteiger partial charge in [-0.05, 0) is 49.4 Å². The van der Waals surface area contributed by atoms with E-state index in [1.54, 1.807) is 0 Å². The van der Waals surface area contributed by atoms with Crippen molar-refractivity contribution in [3.63, 3.8) is 0 Å². The van der Waals surface area contributed by atoms with E-state index in [0.29, 0.717) is 12.0 Å². The third kappa shape index (κ3) is 4.04. The second-order valence-corrected chi connectivity index (χ2v) is 5.87. The number of rotatable bonds is 7. The molecule has 1 aromatic heterocycles. The number of aromatic nitrogens is 1. The van der Waals surface area contributed by atoms with Crippen LogP contribution in [0.1, 0.15) is 39.2 Å². The largest absolute Gasteiger partial charge is 0.314 e. The number of fused-ring (bicyclic) bond motifs is 1. The van der Waals surface area contributed by atoms with E-state index in [-0.39, 0.29) is 0 Å². The summed E-state index contributed by atoms with van der Waals surface area (Å²) in [5, 5.41) is 4.88. The SMILES string of the molecule is CCCNC(CCc1ccc2cccnc2c1)C(C)C. The van der Waals surface area contributed by atoms with Gasteiger partial charge in [-0.2, -0.15) is 0 Å². The van der Waals surface area contributed by atoms with Crippen LogP contribution in [0.3, 0.4) is 0 Å². The van der Waals surface area contributed by atoms with Crippen LogP contribution >= 0.6 is 0 Å². The van der Waals surface area contributed by atoms with Crippen LogP contribution in [0.2, 0.25) is 0 Å². The molecule has 2 nitrogen and oxygen atoms in total. The van der Waals surface area contributed by atoms with Gasteiger partial charge in [-0.3, -0.25) is 4.98 Å². The van der Waals surface area contributed by atoms with Crippen molar-refractivity contribution < 1.29 is 0 Å². The highest BCUT2D eigenvalue weighted by atomic mass is 14.9. The number of hydrogen-bond acceptors (Lipinski definition) is 2. The van der Waals surface area contributed by atoms with Crippen molar-refractivity contribution in [2.45, 2.75) is 46.1 Å². The Balaban J connectivity index is 2.00. The lowest BCUT2D eigenvalue weighted by atomic mass is 9.96. The first kappa shape index (κ1) is 15.0. The Morgan fingerprint density at radius 1 is 1.20 bits per heavy atom. The Bertz CT molecular complexity index is 534. The van der Waals surface area contributed by atoms with Gasteiger partial charge >= 0.3 is 0 Å². The first-order chi connectivity index (χ1) is 9.70. The number of nitrogens with one attached hydrogen (secondary N) is 1. The van der Waals surface area contributed by atoms with E-state index in [1.807, 2.05) is 12.3 Å². The van der Waals surface area contributed by atoms with E-state index in [1.165, 1.54) is 23.8 Å². The summed E-state index contributed by atoms with van der Waals surface area (Å²) < 4.78 is 0. The summed E-state index contributed by atoms with van der Waals surface area (Å²) in [7, 11) is 0. The Kier molecular flexibility index (Phi) is 5.54. The molecule has 0 saturated heterocycles. The molecule has 1 unspecified atom stereocenters. The predicted octanol–water partition coefficient (Wildman–Crippen LogP) is 4.19. The molecule has 1 heterocycles. The molecule has 2 heteroatoms. The van der Waals surface area contributed by atoms with E-state index in [4.69, 9.17) is 0 Å². The fourth-order valence-electron chi connectivity index (χ4n) is 2.59. The fourth-order valence-corrected chi connectivity index (χ4v) is 2.59. The molecule has 108 valence electrons. The van der Waals surface area contributed by atoms with Crippen LogP contribution in [-0.2, 0) is 6.42 Å². The first-order valence-corrected chi connectivity index (χ1v) is 7.77. The van der Waals surface area contributed by atoms with Crippen LogP contribution in [-0.4, -0.2) is 17.6 Å². The number of hydrogen-bond donors (Lipinski definition) is 1. The minimum absolute atomic E-state index is 0.606. The van der Waals surface area contributed by atoms with Crippen molar-refractivity contribution >= 4 is 10.9 Å². The molecule has 0 aliphatic carbocycles. The maximum Gasteiger partial charge on any atom is 0.0704 e. The van der Waals surface area contributed by atoms with Crippen molar-refractivity contribution in [1.82, 2.24) is 10.3 Å². The molecule has 0 saturated carbocycles. The topological polar surface area (TPSA) is 24.9 Å². The van der Waals surface area contributed by atoms with Gasteiger partial charge in [-0.15, -0.1) is 0 Å². The summed E-state index contributed by atoms with van der Waals surface area (Å²) in [4.78, 5) is 4.44. The second kappa shape index (κ2) is 7.39. The predicted molar refractivity (Wildman–Crippen MR) is 87.0 cm³/mol. The Morgan fingerprint density at radius 2 is 2.05 bits per heavy atom. The summed E-state index contributed by atoms with van der Waals surface area (Å²) in [5.74, 6) is 0.681. The second-order valence-electron chi connectivity index (χ2n) is 5.87. The van der Waals surface area contributed by atoms with Gasteiger partial charge < -0.3 is 5.32 Å². The first-order valence-electron chi connectivity index (χ1n) is 7.77. The average Bonchev–Trinajstić information content (AvgIpc) is 2.46. The minimum Gasteiger partial charge on any atom is -0.314 e. The van der Waals surface area contributed by atoms with Gasteiger partial charge in [0.25, 0.3) is 0 Å². The van der Waals surface area contributed by atoms with Crippen LogP contribution in [0, 0.1) is 5.92 Å². The van der Waals surface area contributed by atoms with Crippen molar-refractivity contribution in [3.05, 3.63) is 42.1 Å². The molecule has 2 rings (SSSR count). The third-order valence-electron chi connectivity index (χ3n) is 3.88. The quantitative estimate of drug-likeness (QED) is 0.816. The zero-order chi connectivity index (χ0) is 14.4. The molecule has 20 heavy (non-hydrogen) atoms. The van der Waals surface area contributed by atoms with E-state index >= 15 is 0 Å². The van der Waals surface area contributed by atoms with E-state index in [9.17, 15) is 0 Å². The van der Waals surface area contributed by atoms with Crippen molar-refractivity contribution in [3.8, 4) is 0 Å². The zero-order valence-electron chi connectivity index (χ0n) is 12.9. The molecule has 1 atom stereocenters. The lowest BCUT2D eigenvalue weighted by Gasteiger charge is -2.22. The Hall–Kier alpha value is -1.41. The van der Waals surface area contributed by atoms with Gasteiger partial charge in [0.05, 0.1) is 5.52 Å². The van der Waals surface area contributed by atoms with E-state index < -0.39 is 0 Å². The summed E-state index contributed by atoms with van der Waals surface area (Å²) >= 11 is 0. The van der Waals surface area contributed by atoms with Gasteiger partial charge in [0.2, 0.25) is 0 Å². The average molecular weight is 270 g/mol. The molecule has 0 bridgehead atoms. The van der Waals surface area contributed by atoms with Crippen LogP contribution in [0.4, 0.5) is 0 Å². The third-order valence-corrected chi connectivity index (χ3v) is 3.88. The maximum atomic E-state index is 4.44. The molecular formula is C18H26N2. The molecule has 0 spiro atoms. The Morgan fingerprint density at radius 3 is 2.80 bits per heavy atom. The van der Waals surface area contributed by atoms with Gasteiger partial charge in [-0.25, -0.2) is 0 Å². The van der Waals surface area contributed by atoms with Crippen molar-refractivity contribution in [2.24, 2.45) is 5.92 Å². The summed E-state index contributed by atoms with van der Waals surface area (Å²) in [5.41, 5.74) is 2.49. The molecular weight excluding hydrogens is 244 g/mol. The monoisotopic (exact) mass is 270 g/mol. The maximum absolute atomic E-state index is 4.44. The van der Waals surface area contributed by atoms with Crippen LogP contribution in [0.15, 0.2) is 36.5 Å². The molecule has 1 N–H and O–H groups in total. The van der Waals surface area contributed by atoms with Crippen LogP contribution < -0.4 is 5.32 Å². The van der Waals surface area contributed by atoms with Crippen LogP contribution in [0.25, 0.3) is 10.9 Å². The van der Waals surface area contributed by atoms with Crippen molar-refractivity contribution in [1.29, 1.82) is 0 Å². The zero-order valence-corrected chi connectivity index (χ0v) is 12.9. The highest BCUT2D eigenvalue weighted by molar-refractivity contribution is 5.78. The lowest BCUT2D eigenvalue weighted by Crippen LogP contribution is -2.34. The summed E-state index contributed by atoms with van der Waals surface area (Å²) in [6.45, 7) is 7.94. The molecule has 0 aliphatic heterocycles. The van der Waals surface area contributed by atoms with E-state index in [0.717, 1.165) is 18.5 Å². The summed E-state index contributed by atoms with van der Waals surface area (Å²) in [6.07, 6.45) is 5.37. The molecule has 0 amide bonds. The molecule has 0 aliphatic rings. The number of aryl methyl sites for hydroxylation is 1. The molecule has 0 radical (unpaired) electrons. The van der Waals surface area contributed by atoms with Gasteiger partial charge in [0.1, 0.15) is 0 Å². The van der Waals surface area contributed by atoms with Crippen LogP contribution in [0.5, 0.6) is 0 Å². The van der Waals surface area contributed by atoms with Gasteiger partial charge in [0.15, 0.2) is 0 Å². The van der Waals surface area contributed by atoms with E-state index in [2.05, 4.69) is 55.3 Å². The molecule has 0 fully saturated rings.